The summed E-state index contributed by atoms with van der Waals surface area (Å²) in [6, 6.07) is 0. The standard InChI is InChI=1S/2C4H7NO2.Pb/c2*1-3(5-7)4(2)6;/h2*7H,1-2H3;/b2*5-3+;. The summed E-state index contributed by atoms with van der Waals surface area (Å²) in [7, 11) is 0. The largest absolute Gasteiger partial charge is 0.411 e. The molecule has 84 valence electrons. The Bertz CT molecular complexity index is 246. The molecule has 0 fully saturated rings. The monoisotopic (exact) mass is 410 g/mol. The maximum Gasteiger partial charge on any atom is 0.177 e. The Morgan fingerprint density at radius 1 is 0.800 bits per heavy atom. The van der Waals surface area contributed by atoms with Crippen molar-refractivity contribution in [3.63, 3.8) is 0 Å². The molecule has 0 saturated carbocycles. The normalized spacial score (nSPS) is 10.7. The van der Waals surface area contributed by atoms with E-state index < -0.39 is 0 Å². The molecular formula is C8H14N2O4Pb. The number of Topliss-reactive ketones (excluding diaryl/α,β-unsaturated/α-hetero) is 2. The van der Waals surface area contributed by atoms with Crippen molar-refractivity contribution >= 4 is 50.3 Å². The van der Waals surface area contributed by atoms with Gasteiger partial charge in [-0.15, -0.1) is 0 Å². The molecule has 0 aliphatic carbocycles. The maximum absolute atomic E-state index is 10.1. The minimum atomic E-state index is -0.206. The number of carbonyl (C=O) groups is 2. The Hall–Kier alpha value is -0.798. The molecule has 0 amide bonds. The summed E-state index contributed by atoms with van der Waals surface area (Å²) in [6.45, 7) is 5.58. The van der Waals surface area contributed by atoms with E-state index in [0.717, 1.165) is 0 Å². The van der Waals surface area contributed by atoms with Gasteiger partial charge in [0.1, 0.15) is 11.4 Å². The van der Waals surface area contributed by atoms with Crippen LogP contribution in [0.15, 0.2) is 10.3 Å². The van der Waals surface area contributed by atoms with Crippen LogP contribution in [0.5, 0.6) is 0 Å². The number of carbonyl (C=O) groups excluding carboxylic acids is 2. The first-order valence-corrected chi connectivity index (χ1v) is 3.76. The summed E-state index contributed by atoms with van der Waals surface area (Å²) < 4.78 is 0. The van der Waals surface area contributed by atoms with Crippen molar-refractivity contribution in [1.29, 1.82) is 0 Å². The van der Waals surface area contributed by atoms with Crippen molar-refractivity contribution in [3.8, 4) is 0 Å². The Kier molecular flexibility index (Phi) is 14.8. The number of oxime groups is 2. The predicted octanol–water partition coefficient (Wildman–Crippen LogP) is 0.470. The smallest absolute Gasteiger partial charge is 0.177 e. The SMILES string of the molecule is CC(=O)/C(C)=N/O.CC(=O)/C(C)=N/O.[Pb]. The van der Waals surface area contributed by atoms with Crippen molar-refractivity contribution in [3.05, 3.63) is 0 Å². The molecule has 6 nitrogen and oxygen atoms in total. The molecule has 0 heterocycles. The number of hydrogen-bond acceptors (Lipinski definition) is 6. The fourth-order valence-corrected chi connectivity index (χ4v) is 0.141. The van der Waals surface area contributed by atoms with Gasteiger partial charge in [-0.05, 0) is 13.8 Å². The van der Waals surface area contributed by atoms with Crippen LogP contribution >= 0.6 is 0 Å². The van der Waals surface area contributed by atoms with Gasteiger partial charge in [0, 0.05) is 41.1 Å². The van der Waals surface area contributed by atoms with Crippen LogP contribution in [0.1, 0.15) is 27.7 Å². The minimum absolute atomic E-state index is 0. The van der Waals surface area contributed by atoms with E-state index in [1.807, 2.05) is 0 Å². The fraction of sp³-hybridized carbons (Fsp3) is 0.500. The molecule has 0 aromatic rings. The first-order valence-electron chi connectivity index (χ1n) is 3.76. The van der Waals surface area contributed by atoms with Gasteiger partial charge in [0.15, 0.2) is 11.6 Å². The average molecular weight is 409 g/mol. The summed E-state index contributed by atoms with van der Waals surface area (Å²) in [5.41, 5.74) is 0.278. The van der Waals surface area contributed by atoms with Gasteiger partial charge < -0.3 is 10.4 Å². The molecule has 7 heteroatoms. The van der Waals surface area contributed by atoms with E-state index >= 15 is 0 Å². The molecule has 0 unspecified atom stereocenters. The van der Waals surface area contributed by atoms with Gasteiger partial charge in [0.2, 0.25) is 0 Å². The third kappa shape index (κ3) is 13.2. The molecule has 15 heavy (non-hydrogen) atoms. The molecule has 0 bridgehead atoms. The Morgan fingerprint density at radius 2 is 1.00 bits per heavy atom. The van der Waals surface area contributed by atoms with Gasteiger partial charge in [0.25, 0.3) is 0 Å². The summed E-state index contributed by atoms with van der Waals surface area (Å²) in [6.07, 6.45) is 0. The maximum atomic E-state index is 10.1. The quantitative estimate of drug-likeness (QED) is 0.300. The molecule has 0 rings (SSSR count). The molecule has 4 radical (unpaired) electrons. The van der Waals surface area contributed by atoms with Crippen molar-refractivity contribution < 1.29 is 20.0 Å². The first-order chi connectivity index (χ1) is 6.36. The summed E-state index contributed by atoms with van der Waals surface area (Å²) in [5.74, 6) is -0.412. The van der Waals surface area contributed by atoms with E-state index in [1.165, 1.54) is 27.7 Å². The molecule has 0 aromatic heterocycles. The van der Waals surface area contributed by atoms with Gasteiger partial charge in [0.05, 0.1) is 0 Å². The summed E-state index contributed by atoms with van der Waals surface area (Å²) >= 11 is 0. The zero-order chi connectivity index (χ0) is 11.7. The van der Waals surface area contributed by atoms with Crippen LogP contribution in [0.25, 0.3) is 0 Å². The van der Waals surface area contributed by atoms with Gasteiger partial charge in [-0.25, -0.2) is 0 Å². The van der Waals surface area contributed by atoms with E-state index in [-0.39, 0.29) is 50.3 Å². The Morgan fingerprint density at radius 3 is 1.00 bits per heavy atom. The number of rotatable bonds is 2. The molecule has 0 saturated heterocycles. The average Bonchev–Trinajstić information content (AvgIpc) is 2.15. The zero-order valence-electron chi connectivity index (χ0n) is 9.11. The predicted molar refractivity (Wildman–Crippen MR) is 56.9 cm³/mol. The topological polar surface area (TPSA) is 99.3 Å². The van der Waals surface area contributed by atoms with Crippen molar-refractivity contribution in [1.82, 2.24) is 0 Å². The Labute approximate surface area is 108 Å². The van der Waals surface area contributed by atoms with Crippen molar-refractivity contribution in [2.24, 2.45) is 10.3 Å². The van der Waals surface area contributed by atoms with Crippen LogP contribution in [0, 0.1) is 0 Å². The van der Waals surface area contributed by atoms with Crippen LogP contribution in [0.3, 0.4) is 0 Å². The number of hydrogen-bond donors (Lipinski definition) is 2. The van der Waals surface area contributed by atoms with Crippen molar-refractivity contribution in [2.75, 3.05) is 0 Å². The third-order valence-electron chi connectivity index (χ3n) is 1.32. The molecule has 0 atom stereocenters. The summed E-state index contributed by atoms with van der Waals surface area (Å²) in [4.78, 5) is 20.2. The third-order valence-corrected chi connectivity index (χ3v) is 1.32. The van der Waals surface area contributed by atoms with Gasteiger partial charge in [-0.1, -0.05) is 10.3 Å². The molecule has 0 aliphatic rings. The van der Waals surface area contributed by atoms with E-state index in [4.69, 9.17) is 10.4 Å². The number of nitrogens with zero attached hydrogens (tertiary/aromatic N) is 2. The second kappa shape index (κ2) is 11.3. The van der Waals surface area contributed by atoms with E-state index in [2.05, 4.69) is 10.3 Å². The van der Waals surface area contributed by atoms with Gasteiger partial charge in [-0.2, -0.15) is 0 Å². The fourth-order valence-electron chi connectivity index (χ4n) is 0.141. The molecule has 0 aliphatic heterocycles. The van der Waals surface area contributed by atoms with E-state index in [9.17, 15) is 9.59 Å². The Balaban J connectivity index is -0.000000180. The molecular weight excluding hydrogens is 395 g/mol. The molecule has 2 N–H and O–H groups in total. The second-order valence-electron chi connectivity index (χ2n) is 2.48. The molecule has 0 spiro atoms. The van der Waals surface area contributed by atoms with Crippen LogP contribution in [-0.2, 0) is 9.59 Å². The van der Waals surface area contributed by atoms with Gasteiger partial charge in [-0.3, -0.25) is 9.59 Å². The van der Waals surface area contributed by atoms with Crippen molar-refractivity contribution in [2.45, 2.75) is 27.7 Å². The van der Waals surface area contributed by atoms with Gasteiger partial charge >= 0.3 is 0 Å². The summed E-state index contributed by atoms with van der Waals surface area (Å²) in [5, 5.41) is 21.1. The second-order valence-corrected chi connectivity index (χ2v) is 2.48. The van der Waals surface area contributed by atoms with Crippen LogP contribution in [0.4, 0.5) is 0 Å². The van der Waals surface area contributed by atoms with E-state index in [0.29, 0.717) is 0 Å². The van der Waals surface area contributed by atoms with Crippen LogP contribution < -0.4 is 0 Å². The van der Waals surface area contributed by atoms with Crippen LogP contribution in [-0.4, -0.2) is 60.7 Å². The number of ketones is 2. The van der Waals surface area contributed by atoms with E-state index in [1.54, 1.807) is 0 Å². The van der Waals surface area contributed by atoms with Crippen LogP contribution in [0.2, 0.25) is 0 Å². The molecule has 0 aromatic carbocycles. The first kappa shape index (κ1) is 19.7. The minimum Gasteiger partial charge on any atom is -0.411 e. The zero-order valence-corrected chi connectivity index (χ0v) is 13.0.